The highest BCUT2D eigenvalue weighted by molar-refractivity contribution is 7.18. The topological polar surface area (TPSA) is 92.4 Å². The number of thiophene rings is 1. The molecule has 0 aliphatic rings. The standard InChI is InChI=1S/C13H12N2O3S/c1-7-9(13(17)18)11(14)19-10(7)12(16)15-8-5-3-2-4-6-8/h2-6H,14H2,1H3,(H,15,16)(H,17,18). The van der Waals surface area contributed by atoms with E-state index in [1.165, 1.54) is 0 Å². The number of rotatable bonds is 3. The molecule has 4 N–H and O–H groups in total. The van der Waals surface area contributed by atoms with E-state index in [0.717, 1.165) is 11.3 Å². The molecule has 0 saturated heterocycles. The van der Waals surface area contributed by atoms with Crippen molar-refractivity contribution in [3.63, 3.8) is 0 Å². The molecule has 1 amide bonds. The zero-order valence-electron chi connectivity index (χ0n) is 10.1. The first-order valence-electron chi connectivity index (χ1n) is 5.49. The molecule has 98 valence electrons. The van der Waals surface area contributed by atoms with E-state index in [-0.39, 0.29) is 16.5 Å². The van der Waals surface area contributed by atoms with E-state index >= 15 is 0 Å². The van der Waals surface area contributed by atoms with Crippen LogP contribution in [-0.2, 0) is 0 Å². The Morgan fingerprint density at radius 2 is 1.89 bits per heavy atom. The number of nitrogens with one attached hydrogen (secondary N) is 1. The number of nitrogens with two attached hydrogens (primary N) is 1. The summed E-state index contributed by atoms with van der Waals surface area (Å²) < 4.78 is 0. The monoisotopic (exact) mass is 276 g/mol. The van der Waals surface area contributed by atoms with Gasteiger partial charge < -0.3 is 16.2 Å². The molecule has 0 unspecified atom stereocenters. The van der Waals surface area contributed by atoms with Crippen LogP contribution in [0.5, 0.6) is 0 Å². The molecule has 2 aromatic rings. The van der Waals surface area contributed by atoms with Crippen LogP contribution in [0.3, 0.4) is 0 Å². The lowest BCUT2D eigenvalue weighted by Crippen LogP contribution is -2.12. The first kappa shape index (κ1) is 13.1. The summed E-state index contributed by atoms with van der Waals surface area (Å²) in [5, 5.41) is 11.9. The largest absolute Gasteiger partial charge is 0.478 e. The number of anilines is 2. The molecular weight excluding hydrogens is 264 g/mol. The van der Waals surface area contributed by atoms with Crippen LogP contribution in [0.1, 0.15) is 25.6 Å². The average molecular weight is 276 g/mol. The van der Waals surface area contributed by atoms with E-state index in [9.17, 15) is 9.59 Å². The van der Waals surface area contributed by atoms with E-state index in [4.69, 9.17) is 10.8 Å². The van der Waals surface area contributed by atoms with Gasteiger partial charge in [-0.15, -0.1) is 11.3 Å². The van der Waals surface area contributed by atoms with Crippen LogP contribution >= 0.6 is 11.3 Å². The highest BCUT2D eigenvalue weighted by atomic mass is 32.1. The van der Waals surface area contributed by atoms with Gasteiger partial charge in [-0.05, 0) is 24.6 Å². The number of aromatic carboxylic acids is 1. The zero-order valence-corrected chi connectivity index (χ0v) is 11.0. The Balaban J connectivity index is 2.30. The maximum atomic E-state index is 12.1. The molecule has 0 aliphatic carbocycles. The van der Waals surface area contributed by atoms with Crippen molar-refractivity contribution in [2.75, 3.05) is 11.1 Å². The normalized spacial score (nSPS) is 10.2. The van der Waals surface area contributed by atoms with E-state index < -0.39 is 5.97 Å². The number of carbonyl (C=O) groups is 2. The summed E-state index contributed by atoms with van der Waals surface area (Å²) in [6, 6.07) is 8.94. The van der Waals surface area contributed by atoms with Crippen molar-refractivity contribution in [3.05, 3.63) is 46.3 Å². The van der Waals surface area contributed by atoms with Gasteiger partial charge in [0.25, 0.3) is 5.91 Å². The smallest absolute Gasteiger partial charge is 0.338 e. The van der Waals surface area contributed by atoms with Crippen molar-refractivity contribution in [1.29, 1.82) is 0 Å². The Morgan fingerprint density at radius 1 is 1.26 bits per heavy atom. The summed E-state index contributed by atoms with van der Waals surface area (Å²) in [5.74, 6) is -1.47. The molecule has 0 radical (unpaired) electrons. The van der Waals surface area contributed by atoms with E-state index in [1.54, 1.807) is 31.2 Å². The Kier molecular flexibility index (Phi) is 3.52. The number of para-hydroxylation sites is 1. The third kappa shape index (κ3) is 2.58. The quantitative estimate of drug-likeness (QED) is 0.803. The predicted molar refractivity (Wildman–Crippen MR) is 74.8 cm³/mol. The Bertz CT molecular complexity index is 635. The second kappa shape index (κ2) is 5.11. The van der Waals surface area contributed by atoms with Gasteiger partial charge in [-0.2, -0.15) is 0 Å². The minimum atomic E-state index is -1.12. The van der Waals surface area contributed by atoms with E-state index in [2.05, 4.69) is 5.32 Å². The number of amides is 1. The number of carboxylic acid groups (broad SMARTS) is 1. The van der Waals surface area contributed by atoms with E-state index in [0.29, 0.717) is 16.1 Å². The molecule has 1 heterocycles. The molecule has 0 bridgehead atoms. The Hall–Kier alpha value is -2.34. The summed E-state index contributed by atoms with van der Waals surface area (Å²) in [7, 11) is 0. The van der Waals surface area contributed by atoms with Gasteiger partial charge >= 0.3 is 5.97 Å². The average Bonchev–Trinajstić information content (AvgIpc) is 2.66. The lowest BCUT2D eigenvalue weighted by molar-refractivity contribution is 0.0698. The minimum absolute atomic E-state index is 0.00297. The van der Waals surface area contributed by atoms with Crippen LogP contribution in [0.15, 0.2) is 30.3 Å². The third-order valence-corrected chi connectivity index (χ3v) is 3.75. The SMILES string of the molecule is Cc1c(C(=O)Nc2ccccc2)sc(N)c1C(=O)O. The molecular formula is C13H12N2O3S. The summed E-state index contributed by atoms with van der Waals surface area (Å²) in [6.45, 7) is 1.58. The van der Waals surface area contributed by atoms with Gasteiger partial charge in [-0.25, -0.2) is 4.79 Å². The minimum Gasteiger partial charge on any atom is -0.478 e. The number of hydrogen-bond donors (Lipinski definition) is 3. The molecule has 0 aliphatic heterocycles. The van der Waals surface area contributed by atoms with E-state index in [1.807, 2.05) is 6.07 Å². The fourth-order valence-electron chi connectivity index (χ4n) is 1.73. The Morgan fingerprint density at radius 3 is 2.42 bits per heavy atom. The van der Waals surface area contributed by atoms with Gasteiger partial charge in [0.05, 0.1) is 10.4 Å². The second-order valence-corrected chi connectivity index (χ2v) is 4.97. The maximum absolute atomic E-state index is 12.1. The molecule has 0 spiro atoms. The molecule has 6 heteroatoms. The highest BCUT2D eigenvalue weighted by Crippen LogP contribution is 2.31. The Labute approximate surface area is 113 Å². The van der Waals surface area contributed by atoms with Crippen molar-refractivity contribution >= 4 is 33.9 Å². The fraction of sp³-hybridized carbons (Fsp3) is 0.0769. The summed E-state index contributed by atoms with van der Waals surface area (Å²) in [5.41, 5.74) is 6.68. The van der Waals surface area contributed by atoms with Gasteiger partial charge in [0.1, 0.15) is 5.00 Å². The lowest BCUT2D eigenvalue weighted by atomic mass is 10.1. The molecule has 1 aromatic heterocycles. The van der Waals surface area contributed by atoms with Gasteiger partial charge in [0.2, 0.25) is 0 Å². The van der Waals surface area contributed by atoms with Crippen molar-refractivity contribution in [1.82, 2.24) is 0 Å². The molecule has 19 heavy (non-hydrogen) atoms. The van der Waals surface area contributed by atoms with Crippen LogP contribution in [0.25, 0.3) is 0 Å². The highest BCUT2D eigenvalue weighted by Gasteiger charge is 2.22. The summed E-state index contributed by atoms with van der Waals surface area (Å²) in [4.78, 5) is 23.4. The van der Waals surface area contributed by atoms with Crippen LogP contribution < -0.4 is 11.1 Å². The molecule has 1 aromatic carbocycles. The van der Waals surface area contributed by atoms with Crippen molar-refractivity contribution < 1.29 is 14.7 Å². The summed E-state index contributed by atoms with van der Waals surface area (Å²) >= 11 is 0.982. The third-order valence-electron chi connectivity index (χ3n) is 2.63. The van der Waals surface area contributed by atoms with Crippen LogP contribution in [0, 0.1) is 6.92 Å². The lowest BCUT2D eigenvalue weighted by Gasteiger charge is -2.03. The van der Waals surface area contributed by atoms with Gasteiger partial charge in [0, 0.05) is 5.69 Å². The van der Waals surface area contributed by atoms with Gasteiger partial charge in [-0.3, -0.25) is 4.79 Å². The number of benzene rings is 1. The van der Waals surface area contributed by atoms with Crippen LogP contribution in [0.2, 0.25) is 0 Å². The maximum Gasteiger partial charge on any atom is 0.338 e. The van der Waals surface area contributed by atoms with Crippen molar-refractivity contribution in [3.8, 4) is 0 Å². The molecule has 0 atom stereocenters. The number of carboxylic acids is 1. The summed E-state index contributed by atoms with van der Waals surface area (Å²) in [6.07, 6.45) is 0. The predicted octanol–water partition coefficient (Wildman–Crippen LogP) is 2.59. The molecule has 2 rings (SSSR count). The van der Waals surface area contributed by atoms with Gasteiger partial charge in [0.15, 0.2) is 0 Å². The first-order valence-corrected chi connectivity index (χ1v) is 6.31. The van der Waals surface area contributed by atoms with Crippen molar-refractivity contribution in [2.24, 2.45) is 0 Å². The first-order chi connectivity index (χ1) is 9.00. The van der Waals surface area contributed by atoms with Crippen LogP contribution in [-0.4, -0.2) is 17.0 Å². The van der Waals surface area contributed by atoms with Gasteiger partial charge in [-0.1, -0.05) is 18.2 Å². The van der Waals surface area contributed by atoms with Crippen LogP contribution in [0.4, 0.5) is 10.7 Å². The molecule has 0 saturated carbocycles. The second-order valence-electron chi connectivity index (χ2n) is 3.92. The number of hydrogen-bond acceptors (Lipinski definition) is 4. The number of carbonyl (C=O) groups excluding carboxylic acids is 1. The molecule has 5 nitrogen and oxygen atoms in total. The van der Waals surface area contributed by atoms with Crippen molar-refractivity contribution in [2.45, 2.75) is 6.92 Å². The number of nitrogen functional groups attached to an aromatic ring is 1. The fourth-order valence-corrected chi connectivity index (χ4v) is 2.69. The molecule has 0 fully saturated rings. The zero-order chi connectivity index (χ0) is 14.0.